The zero-order valence-corrected chi connectivity index (χ0v) is 12.9. The number of hydrogen-bond acceptors (Lipinski definition) is 2. The van der Waals surface area contributed by atoms with Crippen LogP contribution in [0.25, 0.3) is 0 Å². The van der Waals surface area contributed by atoms with E-state index in [0.29, 0.717) is 4.99 Å². The number of hydrogen-bond donors (Lipinski definition) is 1. The van der Waals surface area contributed by atoms with Crippen LogP contribution >= 0.6 is 12.2 Å². The minimum atomic E-state index is -0.221. The molecule has 1 aliphatic heterocycles. The summed E-state index contributed by atoms with van der Waals surface area (Å²) in [5.41, 5.74) is 7.43. The molecule has 0 aromatic heterocycles. The standard InChI is InChI=1S/C16H23FN2S/c1-2-3-12-6-8-19(9-7-12)11-13-10-14(17)4-5-15(13)16(18)20/h4-5,10,12H,2-3,6-9,11H2,1H3,(H2,18,20). The Hall–Kier alpha value is -1.00. The summed E-state index contributed by atoms with van der Waals surface area (Å²) in [5.74, 6) is 0.639. The molecule has 2 N–H and O–H groups in total. The lowest BCUT2D eigenvalue weighted by atomic mass is 9.92. The van der Waals surface area contributed by atoms with Crippen LogP contribution in [0.3, 0.4) is 0 Å². The number of nitrogens with zero attached hydrogens (tertiary/aromatic N) is 1. The molecule has 2 nitrogen and oxygen atoms in total. The van der Waals surface area contributed by atoms with Gasteiger partial charge in [0.15, 0.2) is 0 Å². The summed E-state index contributed by atoms with van der Waals surface area (Å²) in [6.07, 6.45) is 5.07. The third kappa shape index (κ3) is 4.00. The largest absolute Gasteiger partial charge is 0.389 e. The second-order valence-electron chi connectivity index (χ2n) is 5.67. The Bertz CT molecular complexity index is 468. The van der Waals surface area contributed by atoms with E-state index in [2.05, 4.69) is 11.8 Å². The van der Waals surface area contributed by atoms with Crippen LogP contribution in [0, 0.1) is 11.7 Å². The summed E-state index contributed by atoms with van der Waals surface area (Å²) < 4.78 is 13.4. The van der Waals surface area contributed by atoms with Crippen molar-refractivity contribution in [1.82, 2.24) is 4.90 Å². The molecule has 20 heavy (non-hydrogen) atoms. The van der Waals surface area contributed by atoms with Crippen molar-refractivity contribution in [3.05, 3.63) is 35.1 Å². The minimum absolute atomic E-state index is 0.221. The number of halogens is 1. The van der Waals surface area contributed by atoms with Crippen molar-refractivity contribution in [3.63, 3.8) is 0 Å². The smallest absolute Gasteiger partial charge is 0.123 e. The Morgan fingerprint density at radius 3 is 2.70 bits per heavy atom. The van der Waals surface area contributed by atoms with Crippen molar-refractivity contribution >= 4 is 17.2 Å². The molecular weight excluding hydrogens is 271 g/mol. The van der Waals surface area contributed by atoms with E-state index in [1.807, 2.05) is 0 Å². The van der Waals surface area contributed by atoms with Crippen molar-refractivity contribution < 1.29 is 4.39 Å². The molecule has 4 heteroatoms. The fraction of sp³-hybridized carbons (Fsp3) is 0.562. The molecule has 0 amide bonds. The Labute approximate surface area is 126 Å². The second-order valence-corrected chi connectivity index (χ2v) is 6.11. The van der Waals surface area contributed by atoms with Crippen LogP contribution in [-0.2, 0) is 6.54 Å². The van der Waals surface area contributed by atoms with E-state index in [0.717, 1.165) is 36.7 Å². The summed E-state index contributed by atoms with van der Waals surface area (Å²) in [7, 11) is 0. The molecule has 0 bridgehead atoms. The van der Waals surface area contributed by atoms with Crippen molar-refractivity contribution in [2.45, 2.75) is 39.2 Å². The van der Waals surface area contributed by atoms with Gasteiger partial charge in [0.25, 0.3) is 0 Å². The lowest BCUT2D eigenvalue weighted by Crippen LogP contribution is -2.33. The maximum Gasteiger partial charge on any atom is 0.123 e. The molecule has 0 atom stereocenters. The third-order valence-corrected chi connectivity index (χ3v) is 4.35. The van der Waals surface area contributed by atoms with E-state index in [1.165, 1.54) is 31.7 Å². The van der Waals surface area contributed by atoms with Gasteiger partial charge < -0.3 is 5.73 Å². The third-order valence-electron chi connectivity index (χ3n) is 4.13. The quantitative estimate of drug-likeness (QED) is 0.843. The van der Waals surface area contributed by atoms with Gasteiger partial charge in [-0.1, -0.05) is 32.0 Å². The SMILES string of the molecule is CCCC1CCN(Cc2cc(F)ccc2C(N)=S)CC1. The van der Waals surface area contributed by atoms with Gasteiger partial charge in [0.05, 0.1) is 0 Å². The molecule has 1 heterocycles. The Balaban J connectivity index is 2.00. The van der Waals surface area contributed by atoms with E-state index in [-0.39, 0.29) is 5.82 Å². The Morgan fingerprint density at radius 2 is 2.10 bits per heavy atom. The number of likely N-dealkylation sites (tertiary alicyclic amines) is 1. The number of rotatable bonds is 5. The van der Waals surface area contributed by atoms with Crippen LogP contribution < -0.4 is 5.73 Å². The van der Waals surface area contributed by atoms with Gasteiger partial charge in [-0.3, -0.25) is 4.90 Å². The van der Waals surface area contributed by atoms with Gasteiger partial charge in [-0.25, -0.2) is 4.39 Å². The van der Waals surface area contributed by atoms with E-state index < -0.39 is 0 Å². The molecule has 1 saturated heterocycles. The predicted molar refractivity (Wildman–Crippen MR) is 85.2 cm³/mol. The first-order valence-corrected chi connectivity index (χ1v) is 7.81. The summed E-state index contributed by atoms with van der Waals surface area (Å²) in [5, 5.41) is 0. The molecule has 110 valence electrons. The zero-order chi connectivity index (χ0) is 14.5. The first-order chi connectivity index (χ1) is 9.60. The highest BCUT2D eigenvalue weighted by Gasteiger charge is 2.19. The number of nitrogens with two attached hydrogens (primary N) is 1. The number of benzene rings is 1. The Kier molecular flexibility index (Phi) is 5.49. The van der Waals surface area contributed by atoms with Gasteiger partial charge in [0, 0.05) is 12.1 Å². The van der Waals surface area contributed by atoms with Crippen molar-refractivity contribution in [1.29, 1.82) is 0 Å². The van der Waals surface area contributed by atoms with Crippen molar-refractivity contribution in [3.8, 4) is 0 Å². The Morgan fingerprint density at radius 1 is 1.40 bits per heavy atom. The predicted octanol–water partition coefficient (Wildman–Crippen LogP) is 3.47. The van der Waals surface area contributed by atoms with Crippen LogP contribution in [0.1, 0.15) is 43.7 Å². The molecular formula is C16H23FN2S. The first-order valence-electron chi connectivity index (χ1n) is 7.40. The number of thiocarbonyl (C=S) groups is 1. The van der Waals surface area contributed by atoms with Gasteiger partial charge in [0.1, 0.15) is 10.8 Å². The van der Waals surface area contributed by atoms with Gasteiger partial charge >= 0.3 is 0 Å². The van der Waals surface area contributed by atoms with Crippen LogP contribution in [0.5, 0.6) is 0 Å². The van der Waals surface area contributed by atoms with Crippen LogP contribution in [0.2, 0.25) is 0 Å². The van der Waals surface area contributed by atoms with Crippen molar-refractivity contribution in [2.24, 2.45) is 11.7 Å². The zero-order valence-electron chi connectivity index (χ0n) is 12.1. The minimum Gasteiger partial charge on any atom is -0.389 e. The van der Waals surface area contributed by atoms with Crippen LogP contribution in [0.15, 0.2) is 18.2 Å². The lowest BCUT2D eigenvalue weighted by Gasteiger charge is -2.32. The van der Waals surface area contributed by atoms with Gasteiger partial charge in [-0.15, -0.1) is 0 Å². The van der Waals surface area contributed by atoms with Gasteiger partial charge in [-0.2, -0.15) is 0 Å². The monoisotopic (exact) mass is 294 g/mol. The average molecular weight is 294 g/mol. The van der Waals surface area contributed by atoms with E-state index in [4.69, 9.17) is 18.0 Å². The molecule has 2 rings (SSSR count). The second kappa shape index (κ2) is 7.14. The molecule has 0 unspecified atom stereocenters. The fourth-order valence-corrected chi connectivity index (χ4v) is 3.21. The molecule has 0 saturated carbocycles. The maximum atomic E-state index is 13.4. The van der Waals surface area contributed by atoms with Crippen LogP contribution in [-0.4, -0.2) is 23.0 Å². The fourth-order valence-electron chi connectivity index (χ4n) is 3.02. The van der Waals surface area contributed by atoms with Gasteiger partial charge in [-0.05, 0) is 55.6 Å². The highest BCUT2D eigenvalue weighted by Crippen LogP contribution is 2.23. The van der Waals surface area contributed by atoms with Crippen LogP contribution in [0.4, 0.5) is 4.39 Å². The summed E-state index contributed by atoms with van der Waals surface area (Å²) in [6.45, 7) is 5.15. The molecule has 0 aliphatic carbocycles. The summed E-state index contributed by atoms with van der Waals surface area (Å²) in [4.78, 5) is 2.73. The highest BCUT2D eigenvalue weighted by molar-refractivity contribution is 7.80. The van der Waals surface area contributed by atoms with Gasteiger partial charge in [0.2, 0.25) is 0 Å². The summed E-state index contributed by atoms with van der Waals surface area (Å²) in [6, 6.07) is 4.68. The normalized spacial score (nSPS) is 17.3. The maximum absolute atomic E-state index is 13.4. The topological polar surface area (TPSA) is 29.3 Å². The molecule has 1 aliphatic rings. The van der Waals surface area contributed by atoms with E-state index in [1.54, 1.807) is 12.1 Å². The van der Waals surface area contributed by atoms with E-state index >= 15 is 0 Å². The highest BCUT2D eigenvalue weighted by atomic mass is 32.1. The first kappa shape index (κ1) is 15.4. The lowest BCUT2D eigenvalue weighted by molar-refractivity contribution is 0.171. The number of piperidine rings is 1. The summed E-state index contributed by atoms with van der Waals surface area (Å²) >= 11 is 5.05. The molecule has 0 spiro atoms. The average Bonchev–Trinajstić information content (AvgIpc) is 2.41. The molecule has 1 fully saturated rings. The van der Waals surface area contributed by atoms with E-state index in [9.17, 15) is 4.39 Å². The van der Waals surface area contributed by atoms with Crippen molar-refractivity contribution in [2.75, 3.05) is 13.1 Å². The molecule has 1 aromatic carbocycles. The molecule has 0 radical (unpaired) electrons. The molecule has 1 aromatic rings.